The van der Waals surface area contributed by atoms with Crippen LogP contribution in [0.5, 0.6) is 0 Å². The molecule has 1 heterocycles. The second-order valence-corrected chi connectivity index (χ2v) is 4.10. The number of likely N-dealkylation sites (N-methyl/N-ethyl adjacent to an activating group) is 1. The van der Waals surface area contributed by atoms with Crippen LogP contribution in [0.25, 0.3) is 0 Å². The summed E-state index contributed by atoms with van der Waals surface area (Å²) in [5.74, 6) is 0. The van der Waals surface area contributed by atoms with Gasteiger partial charge in [0.25, 0.3) is 0 Å². The number of nitrogens with zero attached hydrogens (tertiary/aromatic N) is 1. The first kappa shape index (κ1) is 13.1. The first-order chi connectivity index (χ1) is 7.67. The molecule has 0 aliphatic heterocycles. The number of aromatic nitrogens is 1. The third-order valence-electron chi connectivity index (χ3n) is 2.49. The minimum Gasteiger partial charge on any atom is -0.379 e. The zero-order chi connectivity index (χ0) is 12.0. The van der Waals surface area contributed by atoms with Crippen LogP contribution >= 0.6 is 0 Å². The van der Waals surface area contributed by atoms with Gasteiger partial charge in [-0.15, -0.1) is 0 Å². The Balaban J connectivity index is 2.70. The van der Waals surface area contributed by atoms with Crippen molar-refractivity contribution >= 4 is 0 Å². The summed E-state index contributed by atoms with van der Waals surface area (Å²) in [6, 6.07) is 4.49. The Morgan fingerprint density at radius 2 is 1.94 bits per heavy atom. The molecule has 1 atom stereocenters. The zero-order valence-electron chi connectivity index (χ0n) is 10.7. The van der Waals surface area contributed by atoms with E-state index in [9.17, 15) is 0 Å². The molecule has 0 spiro atoms. The molecule has 1 aromatic rings. The number of hydrogen-bond donors (Lipinski definition) is 1. The lowest BCUT2D eigenvalue weighted by atomic mass is 10.1. The number of ether oxygens (including phenoxy) is 1. The summed E-state index contributed by atoms with van der Waals surface area (Å²) >= 11 is 0. The Labute approximate surface area is 98.2 Å². The van der Waals surface area contributed by atoms with Gasteiger partial charge in [0.15, 0.2) is 0 Å². The van der Waals surface area contributed by atoms with E-state index >= 15 is 0 Å². The first-order valence-corrected chi connectivity index (χ1v) is 5.87. The predicted molar refractivity (Wildman–Crippen MR) is 66.6 cm³/mol. The molecule has 0 saturated carbocycles. The molecule has 1 unspecified atom stereocenters. The van der Waals surface area contributed by atoms with E-state index in [0.717, 1.165) is 24.4 Å². The van der Waals surface area contributed by atoms with Crippen molar-refractivity contribution in [1.82, 2.24) is 10.3 Å². The summed E-state index contributed by atoms with van der Waals surface area (Å²) in [7, 11) is 1.96. The van der Waals surface area contributed by atoms with Gasteiger partial charge in [-0.2, -0.15) is 0 Å². The Hall–Kier alpha value is -0.930. The van der Waals surface area contributed by atoms with Crippen LogP contribution < -0.4 is 5.32 Å². The van der Waals surface area contributed by atoms with Crippen LogP contribution in [-0.4, -0.2) is 25.2 Å². The summed E-state index contributed by atoms with van der Waals surface area (Å²) in [6.45, 7) is 7.70. The van der Waals surface area contributed by atoms with Gasteiger partial charge in [-0.3, -0.25) is 4.98 Å². The van der Waals surface area contributed by atoms with E-state index in [0.29, 0.717) is 6.61 Å². The molecule has 90 valence electrons. The lowest BCUT2D eigenvalue weighted by Gasteiger charge is -2.17. The third kappa shape index (κ3) is 3.91. The molecule has 3 nitrogen and oxygen atoms in total. The minimum absolute atomic E-state index is 0.256. The van der Waals surface area contributed by atoms with Gasteiger partial charge in [0.1, 0.15) is 0 Å². The Morgan fingerprint density at radius 1 is 1.31 bits per heavy atom. The zero-order valence-corrected chi connectivity index (χ0v) is 10.7. The highest BCUT2D eigenvalue weighted by Crippen LogP contribution is 2.15. The van der Waals surface area contributed by atoms with Crippen molar-refractivity contribution in [1.29, 1.82) is 0 Å². The van der Waals surface area contributed by atoms with E-state index in [-0.39, 0.29) is 6.04 Å². The molecule has 0 aliphatic carbocycles. The van der Waals surface area contributed by atoms with Crippen LogP contribution in [-0.2, 0) is 4.74 Å². The van der Waals surface area contributed by atoms with E-state index in [1.54, 1.807) is 0 Å². The molecule has 0 bridgehead atoms. The lowest BCUT2D eigenvalue weighted by Crippen LogP contribution is -2.22. The molecule has 0 saturated heterocycles. The van der Waals surface area contributed by atoms with Gasteiger partial charge in [-0.25, -0.2) is 0 Å². The smallest absolute Gasteiger partial charge is 0.0661 e. The highest BCUT2D eigenvalue weighted by Gasteiger charge is 2.10. The highest BCUT2D eigenvalue weighted by atomic mass is 16.5. The Bertz CT molecular complexity index is 305. The number of hydrogen-bond acceptors (Lipinski definition) is 3. The van der Waals surface area contributed by atoms with Gasteiger partial charge in [0.05, 0.1) is 12.6 Å². The number of pyridine rings is 1. The van der Waals surface area contributed by atoms with Crippen LogP contribution in [0.1, 0.15) is 36.3 Å². The maximum atomic E-state index is 5.59. The topological polar surface area (TPSA) is 34.1 Å². The van der Waals surface area contributed by atoms with Gasteiger partial charge in [0, 0.05) is 18.0 Å². The van der Waals surface area contributed by atoms with E-state index in [1.807, 2.05) is 20.9 Å². The molecule has 3 heteroatoms. The van der Waals surface area contributed by atoms with Crippen molar-refractivity contribution in [3.63, 3.8) is 0 Å². The molecule has 1 N–H and O–H groups in total. The Morgan fingerprint density at radius 3 is 2.44 bits per heavy atom. The molecule has 0 radical (unpaired) electrons. The monoisotopic (exact) mass is 222 g/mol. The average Bonchev–Trinajstić information content (AvgIpc) is 2.23. The van der Waals surface area contributed by atoms with Crippen LogP contribution in [0.2, 0.25) is 0 Å². The summed E-state index contributed by atoms with van der Waals surface area (Å²) in [5.41, 5.74) is 3.38. The number of aryl methyl sites for hydroxylation is 2. The van der Waals surface area contributed by atoms with Gasteiger partial charge < -0.3 is 10.1 Å². The van der Waals surface area contributed by atoms with Crippen molar-refractivity contribution in [2.45, 2.75) is 33.2 Å². The van der Waals surface area contributed by atoms with E-state index < -0.39 is 0 Å². The molecule has 0 aromatic carbocycles. The van der Waals surface area contributed by atoms with Crippen LogP contribution in [0.4, 0.5) is 0 Å². The summed E-state index contributed by atoms with van der Waals surface area (Å²) in [5, 5.41) is 3.28. The van der Waals surface area contributed by atoms with E-state index in [1.165, 1.54) is 5.56 Å². The molecule has 0 fully saturated rings. The lowest BCUT2D eigenvalue weighted by molar-refractivity contribution is 0.114. The molecular formula is C13H22N2O. The van der Waals surface area contributed by atoms with E-state index in [2.05, 4.69) is 29.4 Å². The summed E-state index contributed by atoms with van der Waals surface area (Å²) < 4.78 is 5.59. The highest BCUT2D eigenvalue weighted by molar-refractivity contribution is 5.23. The fourth-order valence-electron chi connectivity index (χ4n) is 1.76. The van der Waals surface area contributed by atoms with Crippen molar-refractivity contribution in [3.8, 4) is 0 Å². The van der Waals surface area contributed by atoms with Gasteiger partial charge >= 0.3 is 0 Å². The standard InChI is InChI=1S/C13H22N2O/c1-5-6-16-9-13(14-4)12-7-10(2)15-11(3)8-12/h7-8,13-14H,5-6,9H2,1-4H3. The van der Waals surface area contributed by atoms with Crippen LogP contribution in [0, 0.1) is 13.8 Å². The molecule has 0 aliphatic rings. The molecule has 1 rings (SSSR count). The SMILES string of the molecule is CCCOCC(NC)c1cc(C)nc(C)c1. The van der Waals surface area contributed by atoms with E-state index in [4.69, 9.17) is 4.74 Å². The fraction of sp³-hybridized carbons (Fsp3) is 0.615. The normalized spacial score (nSPS) is 12.8. The Kier molecular flexibility index (Phi) is 5.43. The number of nitrogens with one attached hydrogen (secondary N) is 1. The van der Waals surface area contributed by atoms with Crippen LogP contribution in [0.3, 0.4) is 0 Å². The van der Waals surface area contributed by atoms with Gasteiger partial charge in [-0.1, -0.05) is 6.92 Å². The van der Waals surface area contributed by atoms with Crippen molar-refractivity contribution < 1.29 is 4.74 Å². The van der Waals surface area contributed by atoms with Gasteiger partial charge in [-0.05, 0) is 45.0 Å². The largest absolute Gasteiger partial charge is 0.379 e. The van der Waals surface area contributed by atoms with Crippen molar-refractivity contribution in [2.24, 2.45) is 0 Å². The fourth-order valence-corrected chi connectivity index (χ4v) is 1.76. The molecule has 0 amide bonds. The second kappa shape index (κ2) is 6.61. The molecule has 1 aromatic heterocycles. The minimum atomic E-state index is 0.256. The summed E-state index contributed by atoms with van der Waals surface area (Å²) in [4.78, 5) is 4.38. The van der Waals surface area contributed by atoms with Crippen molar-refractivity contribution in [3.05, 3.63) is 29.1 Å². The molecule has 16 heavy (non-hydrogen) atoms. The second-order valence-electron chi connectivity index (χ2n) is 4.10. The quantitative estimate of drug-likeness (QED) is 0.750. The molecular weight excluding hydrogens is 200 g/mol. The third-order valence-corrected chi connectivity index (χ3v) is 2.49. The first-order valence-electron chi connectivity index (χ1n) is 5.87. The van der Waals surface area contributed by atoms with Crippen molar-refractivity contribution in [2.75, 3.05) is 20.3 Å². The summed E-state index contributed by atoms with van der Waals surface area (Å²) in [6.07, 6.45) is 1.06. The maximum Gasteiger partial charge on any atom is 0.0661 e. The maximum absolute atomic E-state index is 5.59. The number of rotatable bonds is 6. The predicted octanol–water partition coefficient (Wildman–Crippen LogP) is 2.39. The average molecular weight is 222 g/mol. The van der Waals surface area contributed by atoms with Gasteiger partial charge in [0.2, 0.25) is 0 Å². The van der Waals surface area contributed by atoms with Crippen LogP contribution in [0.15, 0.2) is 12.1 Å².